The third-order valence-corrected chi connectivity index (χ3v) is 7.39. The van der Waals surface area contributed by atoms with Crippen LogP contribution in [0.3, 0.4) is 0 Å². The van der Waals surface area contributed by atoms with Crippen molar-refractivity contribution in [2.75, 3.05) is 31.2 Å². The van der Waals surface area contributed by atoms with Crippen molar-refractivity contribution in [2.45, 2.75) is 45.7 Å². The van der Waals surface area contributed by atoms with E-state index < -0.39 is 0 Å². The van der Waals surface area contributed by atoms with Crippen LogP contribution >= 0.6 is 0 Å². The number of aromatic nitrogens is 5. The lowest BCUT2D eigenvalue weighted by Crippen LogP contribution is -2.57. The number of amides is 1. The van der Waals surface area contributed by atoms with E-state index in [1.54, 1.807) is 17.1 Å². The van der Waals surface area contributed by atoms with Gasteiger partial charge in [0.2, 0.25) is 0 Å². The molecule has 0 aromatic carbocycles. The Balaban J connectivity index is 1.09. The van der Waals surface area contributed by atoms with Gasteiger partial charge in [0.05, 0.1) is 36.6 Å². The summed E-state index contributed by atoms with van der Waals surface area (Å²) in [6.07, 6.45) is 6.40. The number of pyridine rings is 1. The highest BCUT2D eigenvalue weighted by Crippen LogP contribution is 2.40. The van der Waals surface area contributed by atoms with Crippen LogP contribution in [-0.4, -0.2) is 57.2 Å². The molecule has 2 saturated heterocycles. The van der Waals surface area contributed by atoms with Crippen molar-refractivity contribution in [3.8, 4) is 0 Å². The second-order valence-electron chi connectivity index (χ2n) is 9.78. The highest BCUT2D eigenvalue weighted by molar-refractivity contribution is 5.94. The van der Waals surface area contributed by atoms with Crippen molar-refractivity contribution in [1.29, 1.82) is 0 Å². The number of hydrogen-bond acceptors (Lipinski definition) is 6. The van der Waals surface area contributed by atoms with Crippen molar-refractivity contribution in [3.63, 3.8) is 0 Å². The van der Waals surface area contributed by atoms with E-state index in [1.807, 2.05) is 13.8 Å². The smallest absolute Gasteiger partial charge is 0.255 e. The molecule has 1 atom stereocenters. The van der Waals surface area contributed by atoms with Crippen LogP contribution in [0.25, 0.3) is 0 Å². The van der Waals surface area contributed by atoms with Crippen molar-refractivity contribution in [2.24, 2.45) is 5.41 Å². The van der Waals surface area contributed by atoms with E-state index in [4.69, 9.17) is 9.72 Å². The summed E-state index contributed by atoms with van der Waals surface area (Å²) >= 11 is 0. The number of carbonyl (C=O) groups excluding carboxylic acids is 1. The number of aryl methyl sites for hydroxylation is 2. The first kappa shape index (κ1) is 20.4. The summed E-state index contributed by atoms with van der Waals surface area (Å²) in [5.74, 6) is 0.909. The Hall–Kier alpha value is -3.20. The molecule has 5 heterocycles. The number of nitrogens with zero attached hydrogens (tertiary/aromatic N) is 5. The third kappa shape index (κ3) is 3.60. The maximum Gasteiger partial charge on any atom is 0.255 e. The van der Waals surface area contributed by atoms with Gasteiger partial charge in [-0.1, -0.05) is 6.07 Å². The van der Waals surface area contributed by atoms with Crippen LogP contribution in [0, 0.1) is 19.3 Å². The van der Waals surface area contributed by atoms with Crippen molar-refractivity contribution in [3.05, 3.63) is 58.3 Å². The Bertz CT molecular complexity index is 1200. The Labute approximate surface area is 192 Å². The molecule has 172 valence electrons. The summed E-state index contributed by atoms with van der Waals surface area (Å²) in [4.78, 5) is 20.0. The van der Waals surface area contributed by atoms with Crippen LogP contribution in [0.2, 0.25) is 0 Å². The summed E-state index contributed by atoms with van der Waals surface area (Å²) in [6.45, 7) is 8.44. The first-order valence-corrected chi connectivity index (χ1v) is 11.7. The van der Waals surface area contributed by atoms with Gasteiger partial charge in [-0.15, -0.1) is 0 Å². The predicted octanol–water partition coefficient (Wildman–Crippen LogP) is 2.31. The lowest BCUT2D eigenvalue weighted by molar-refractivity contribution is 0.0936. The third-order valence-electron chi connectivity index (χ3n) is 7.39. The molecule has 3 aromatic heterocycles. The first-order valence-electron chi connectivity index (χ1n) is 11.7. The van der Waals surface area contributed by atoms with Gasteiger partial charge in [-0.05, 0) is 50.3 Å². The van der Waals surface area contributed by atoms with Crippen molar-refractivity contribution in [1.82, 2.24) is 30.3 Å². The predicted molar refractivity (Wildman–Crippen MR) is 122 cm³/mol. The van der Waals surface area contributed by atoms with Gasteiger partial charge in [-0.3, -0.25) is 14.6 Å². The lowest BCUT2D eigenvalue weighted by atomic mass is 9.79. The number of hydrogen-bond donors (Lipinski definition) is 2. The Morgan fingerprint density at radius 3 is 3.00 bits per heavy atom. The molecule has 1 spiro atoms. The molecule has 9 nitrogen and oxygen atoms in total. The summed E-state index contributed by atoms with van der Waals surface area (Å²) in [5, 5.41) is 14.9. The van der Waals surface area contributed by atoms with Crippen LogP contribution in [0.15, 0.2) is 24.5 Å². The molecule has 1 unspecified atom stereocenters. The molecule has 0 saturated carbocycles. The molecule has 0 radical (unpaired) electrons. The van der Waals surface area contributed by atoms with Gasteiger partial charge in [0.15, 0.2) is 0 Å². The molecule has 0 bridgehead atoms. The van der Waals surface area contributed by atoms with Crippen LogP contribution < -0.4 is 10.2 Å². The molecule has 1 aliphatic carbocycles. The first-order chi connectivity index (χ1) is 16.0. The highest BCUT2D eigenvalue weighted by atomic mass is 16.5. The minimum absolute atomic E-state index is 0.0452. The molecule has 3 aliphatic rings. The molecule has 6 rings (SSSR count). The largest absolute Gasteiger partial charge is 0.381 e. The average molecular weight is 448 g/mol. The van der Waals surface area contributed by atoms with Gasteiger partial charge in [0, 0.05) is 42.7 Å². The molecule has 9 heteroatoms. The van der Waals surface area contributed by atoms with Gasteiger partial charge in [-0.2, -0.15) is 10.2 Å². The number of aromatic amines is 1. The second kappa shape index (κ2) is 7.69. The van der Waals surface area contributed by atoms with E-state index in [0.717, 1.165) is 74.0 Å². The zero-order chi connectivity index (χ0) is 22.6. The second-order valence-corrected chi connectivity index (χ2v) is 9.78. The quantitative estimate of drug-likeness (QED) is 0.623. The van der Waals surface area contributed by atoms with E-state index in [-0.39, 0.29) is 11.9 Å². The van der Waals surface area contributed by atoms with Gasteiger partial charge < -0.3 is 15.0 Å². The van der Waals surface area contributed by atoms with Gasteiger partial charge in [0.1, 0.15) is 5.82 Å². The molecule has 1 amide bonds. The van der Waals surface area contributed by atoms with Crippen molar-refractivity contribution < 1.29 is 9.53 Å². The van der Waals surface area contributed by atoms with E-state index in [9.17, 15) is 4.79 Å². The monoisotopic (exact) mass is 447 g/mol. The Morgan fingerprint density at radius 2 is 2.21 bits per heavy atom. The molecule has 33 heavy (non-hydrogen) atoms. The van der Waals surface area contributed by atoms with Gasteiger partial charge in [0.25, 0.3) is 5.91 Å². The number of rotatable bonds is 5. The SMILES string of the molecule is Cc1nc(N2CC3(CCOC3)C2)ccc1Cn1cc(C(=O)NC2CCc3c2n[nH]c3C)cn1. The number of carbonyl (C=O) groups is 1. The minimum Gasteiger partial charge on any atom is -0.381 e. The van der Waals surface area contributed by atoms with E-state index in [2.05, 4.69) is 37.6 Å². The fraction of sp³-hybridized carbons (Fsp3) is 0.500. The van der Waals surface area contributed by atoms with Gasteiger partial charge in [-0.25, -0.2) is 4.98 Å². The van der Waals surface area contributed by atoms with Crippen LogP contribution in [0.5, 0.6) is 0 Å². The van der Waals surface area contributed by atoms with E-state index >= 15 is 0 Å². The number of fused-ring (bicyclic) bond motifs is 1. The summed E-state index contributed by atoms with van der Waals surface area (Å²) in [5.41, 5.74) is 6.27. The summed E-state index contributed by atoms with van der Waals surface area (Å²) in [7, 11) is 0. The molecule has 3 aromatic rings. The molecular formula is C24H29N7O2. The van der Waals surface area contributed by atoms with Crippen LogP contribution in [0.1, 0.15) is 57.5 Å². The van der Waals surface area contributed by atoms with Crippen molar-refractivity contribution >= 4 is 11.7 Å². The maximum atomic E-state index is 12.8. The Kier molecular flexibility index (Phi) is 4.76. The zero-order valence-corrected chi connectivity index (χ0v) is 19.1. The standard InChI is InChI=1S/C24H29N7O2/c1-15-17(3-6-21(26-15)30-12-24(13-30)7-8-33-14-24)10-31-11-18(9-25-31)23(32)27-20-5-4-19-16(2)28-29-22(19)20/h3,6,9,11,20H,4-5,7-8,10,12-14H2,1-2H3,(H,27,32)(H,28,29). The number of H-pyrrole nitrogens is 1. The topological polar surface area (TPSA) is 101 Å². The zero-order valence-electron chi connectivity index (χ0n) is 19.1. The van der Waals surface area contributed by atoms with E-state index in [0.29, 0.717) is 17.5 Å². The molecule has 2 aliphatic heterocycles. The average Bonchev–Trinajstić information content (AvgIpc) is 3.55. The lowest BCUT2D eigenvalue weighted by Gasteiger charge is -2.48. The fourth-order valence-corrected chi connectivity index (χ4v) is 5.37. The summed E-state index contributed by atoms with van der Waals surface area (Å²) in [6, 6.07) is 4.16. The number of ether oxygens (including phenoxy) is 1. The minimum atomic E-state index is -0.118. The molecule has 2 N–H and O–H groups in total. The molecular weight excluding hydrogens is 418 g/mol. The number of anilines is 1. The highest BCUT2D eigenvalue weighted by Gasteiger charge is 2.46. The summed E-state index contributed by atoms with van der Waals surface area (Å²) < 4.78 is 7.38. The Morgan fingerprint density at radius 1 is 1.33 bits per heavy atom. The maximum absolute atomic E-state index is 12.8. The van der Waals surface area contributed by atoms with Gasteiger partial charge >= 0.3 is 0 Å². The normalized spacial score (nSPS) is 20.8. The molecule has 2 fully saturated rings. The van der Waals surface area contributed by atoms with E-state index in [1.165, 1.54) is 5.56 Å². The van der Waals surface area contributed by atoms with Crippen LogP contribution in [-0.2, 0) is 17.7 Å². The fourth-order valence-electron chi connectivity index (χ4n) is 5.37. The number of nitrogens with one attached hydrogen (secondary N) is 2. The van der Waals surface area contributed by atoms with Crippen LogP contribution in [0.4, 0.5) is 5.82 Å².